The second-order valence-corrected chi connectivity index (χ2v) is 6.67. The zero-order valence-corrected chi connectivity index (χ0v) is 12.6. The largest absolute Gasteiger partial charge is 0.292 e. The molecule has 1 aliphatic carbocycles. The van der Waals surface area contributed by atoms with Crippen LogP contribution in [0.3, 0.4) is 0 Å². The average molecular weight is 283 g/mol. The van der Waals surface area contributed by atoms with Gasteiger partial charge in [0, 0.05) is 5.92 Å². The van der Waals surface area contributed by atoms with Crippen LogP contribution in [0.4, 0.5) is 0 Å². The third kappa shape index (κ3) is 2.89. The molecule has 1 aromatic carbocycles. The molecule has 0 bridgehead atoms. The van der Waals surface area contributed by atoms with Gasteiger partial charge in [-0.3, -0.25) is 4.79 Å². The Balaban J connectivity index is 1.82. The molecule has 1 aliphatic rings. The number of para-hydroxylation sites is 1. The van der Waals surface area contributed by atoms with Crippen molar-refractivity contribution >= 4 is 5.78 Å². The highest BCUT2D eigenvalue weighted by Crippen LogP contribution is 2.39. The molecule has 4 nitrogen and oxygen atoms in total. The van der Waals surface area contributed by atoms with Gasteiger partial charge in [0.25, 0.3) is 0 Å². The van der Waals surface area contributed by atoms with Crippen LogP contribution in [0.2, 0.25) is 0 Å². The Hall–Kier alpha value is -1.97. The fraction of sp³-hybridized carbons (Fsp3) is 0.471. The lowest BCUT2D eigenvalue weighted by atomic mass is 9.72. The first-order valence-corrected chi connectivity index (χ1v) is 7.57. The van der Waals surface area contributed by atoms with E-state index >= 15 is 0 Å². The van der Waals surface area contributed by atoms with Crippen molar-refractivity contribution in [3.05, 3.63) is 42.2 Å². The number of carbonyl (C=O) groups is 1. The van der Waals surface area contributed by atoms with E-state index in [0.29, 0.717) is 11.1 Å². The van der Waals surface area contributed by atoms with Crippen molar-refractivity contribution in [1.82, 2.24) is 15.0 Å². The van der Waals surface area contributed by atoms with Crippen LogP contribution in [0.1, 0.15) is 50.0 Å². The number of aromatic nitrogens is 3. The second-order valence-electron chi connectivity index (χ2n) is 6.67. The molecular formula is C17H21N3O. The van der Waals surface area contributed by atoms with Crippen molar-refractivity contribution in [3.8, 4) is 5.69 Å². The summed E-state index contributed by atoms with van der Waals surface area (Å²) < 4.78 is 1.65. The molecule has 0 spiro atoms. The summed E-state index contributed by atoms with van der Waals surface area (Å²) in [6, 6.07) is 9.71. The van der Waals surface area contributed by atoms with Crippen LogP contribution in [-0.2, 0) is 0 Å². The van der Waals surface area contributed by atoms with Crippen molar-refractivity contribution in [1.29, 1.82) is 0 Å². The van der Waals surface area contributed by atoms with Gasteiger partial charge in [-0.2, -0.15) is 0 Å². The van der Waals surface area contributed by atoms with Crippen LogP contribution < -0.4 is 0 Å². The molecule has 1 fully saturated rings. The summed E-state index contributed by atoms with van der Waals surface area (Å²) in [5, 5.41) is 8.01. The Morgan fingerprint density at radius 1 is 1.19 bits per heavy atom. The maximum Gasteiger partial charge on any atom is 0.186 e. The van der Waals surface area contributed by atoms with Crippen molar-refractivity contribution in [2.24, 2.45) is 11.3 Å². The van der Waals surface area contributed by atoms with Crippen LogP contribution in [-0.4, -0.2) is 20.8 Å². The topological polar surface area (TPSA) is 47.8 Å². The van der Waals surface area contributed by atoms with E-state index in [9.17, 15) is 4.79 Å². The van der Waals surface area contributed by atoms with Crippen molar-refractivity contribution in [3.63, 3.8) is 0 Å². The Kier molecular flexibility index (Phi) is 3.62. The molecule has 0 saturated heterocycles. The summed E-state index contributed by atoms with van der Waals surface area (Å²) in [6.45, 7) is 4.56. The fourth-order valence-electron chi connectivity index (χ4n) is 3.03. The number of nitrogens with zero attached hydrogens (tertiary/aromatic N) is 3. The molecule has 2 aromatic rings. The lowest BCUT2D eigenvalue weighted by Gasteiger charge is -2.33. The van der Waals surface area contributed by atoms with E-state index in [4.69, 9.17) is 0 Å². The molecule has 0 radical (unpaired) electrons. The molecule has 0 N–H and O–H groups in total. The minimum atomic E-state index is 0.110. The van der Waals surface area contributed by atoms with Gasteiger partial charge in [-0.15, -0.1) is 5.10 Å². The van der Waals surface area contributed by atoms with Gasteiger partial charge in [0.1, 0.15) is 5.69 Å². The lowest BCUT2D eigenvalue weighted by molar-refractivity contribution is 0.0830. The van der Waals surface area contributed by atoms with E-state index < -0.39 is 0 Å². The van der Waals surface area contributed by atoms with Crippen molar-refractivity contribution < 1.29 is 4.79 Å². The predicted molar refractivity (Wildman–Crippen MR) is 81.4 cm³/mol. The monoisotopic (exact) mass is 283 g/mol. The molecule has 0 aliphatic heterocycles. The average Bonchev–Trinajstić information content (AvgIpc) is 2.97. The number of carbonyl (C=O) groups excluding carboxylic acids is 1. The summed E-state index contributed by atoms with van der Waals surface area (Å²) in [6.07, 6.45) is 5.74. The number of benzene rings is 1. The number of hydrogen-bond acceptors (Lipinski definition) is 3. The van der Waals surface area contributed by atoms with E-state index in [1.165, 1.54) is 0 Å². The highest BCUT2D eigenvalue weighted by Gasteiger charge is 2.32. The zero-order chi connectivity index (χ0) is 14.9. The quantitative estimate of drug-likeness (QED) is 0.807. The molecule has 0 unspecified atom stereocenters. The summed E-state index contributed by atoms with van der Waals surface area (Å²) in [5.74, 6) is 0.290. The zero-order valence-electron chi connectivity index (χ0n) is 12.6. The highest BCUT2D eigenvalue weighted by atomic mass is 16.1. The van der Waals surface area contributed by atoms with Gasteiger partial charge in [0.2, 0.25) is 0 Å². The number of rotatable bonds is 3. The van der Waals surface area contributed by atoms with Crippen LogP contribution in [0, 0.1) is 11.3 Å². The minimum Gasteiger partial charge on any atom is -0.292 e. The number of ketones is 1. The standard InChI is InChI=1S/C17H21N3O/c1-17(2)10-8-13(9-11-17)16(21)15-12-18-19-20(15)14-6-4-3-5-7-14/h3-7,12-13H,8-11H2,1-2H3. The maximum absolute atomic E-state index is 12.8. The highest BCUT2D eigenvalue weighted by molar-refractivity contribution is 5.96. The van der Waals surface area contributed by atoms with E-state index in [2.05, 4.69) is 24.2 Å². The Morgan fingerprint density at radius 3 is 2.52 bits per heavy atom. The molecule has 0 amide bonds. The molecule has 1 heterocycles. The lowest BCUT2D eigenvalue weighted by Crippen LogP contribution is -2.27. The van der Waals surface area contributed by atoms with Gasteiger partial charge in [-0.05, 0) is 43.2 Å². The second kappa shape index (κ2) is 5.43. The van der Waals surface area contributed by atoms with Crippen LogP contribution in [0.25, 0.3) is 5.69 Å². The summed E-state index contributed by atoms with van der Waals surface area (Å²) >= 11 is 0. The van der Waals surface area contributed by atoms with Crippen molar-refractivity contribution in [2.45, 2.75) is 39.5 Å². The molecule has 0 atom stereocenters. The minimum absolute atomic E-state index is 0.110. The predicted octanol–water partition coefficient (Wildman–Crippen LogP) is 3.67. The number of Topliss-reactive ketones (excluding diaryl/α,β-unsaturated/α-hetero) is 1. The summed E-state index contributed by atoms with van der Waals surface area (Å²) in [5.41, 5.74) is 1.86. The Labute approximate surface area is 125 Å². The normalized spacial score (nSPS) is 18.6. The third-order valence-electron chi connectivity index (χ3n) is 4.51. The van der Waals surface area contributed by atoms with Crippen molar-refractivity contribution in [2.75, 3.05) is 0 Å². The molecule has 110 valence electrons. The van der Waals surface area contributed by atoms with E-state index in [-0.39, 0.29) is 11.7 Å². The first-order chi connectivity index (χ1) is 10.1. The van der Waals surface area contributed by atoms with Crippen LogP contribution in [0.5, 0.6) is 0 Å². The number of hydrogen-bond donors (Lipinski definition) is 0. The molecule has 1 aromatic heterocycles. The molecular weight excluding hydrogens is 262 g/mol. The first kappa shape index (κ1) is 14.0. The molecule has 3 rings (SSSR count). The van der Waals surface area contributed by atoms with E-state index in [1.807, 2.05) is 30.3 Å². The smallest absolute Gasteiger partial charge is 0.186 e. The third-order valence-corrected chi connectivity index (χ3v) is 4.51. The molecule has 4 heteroatoms. The maximum atomic E-state index is 12.8. The van der Waals surface area contributed by atoms with Crippen LogP contribution in [0.15, 0.2) is 36.5 Å². The van der Waals surface area contributed by atoms with Crippen LogP contribution >= 0.6 is 0 Å². The van der Waals surface area contributed by atoms with Gasteiger partial charge >= 0.3 is 0 Å². The summed E-state index contributed by atoms with van der Waals surface area (Å²) in [7, 11) is 0. The van der Waals surface area contributed by atoms with Gasteiger partial charge in [-0.25, -0.2) is 4.68 Å². The van der Waals surface area contributed by atoms with Gasteiger partial charge in [-0.1, -0.05) is 37.3 Å². The van der Waals surface area contributed by atoms with Gasteiger partial charge in [0.05, 0.1) is 11.9 Å². The Morgan fingerprint density at radius 2 is 1.86 bits per heavy atom. The Bertz CT molecular complexity index is 620. The van der Waals surface area contributed by atoms with Gasteiger partial charge < -0.3 is 0 Å². The first-order valence-electron chi connectivity index (χ1n) is 7.57. The SMILES string of the molecule is CC1(C)CCC(C(=O)c2cnnn2-c2ccccc2)CC1. The van der Waals surface area contributed by atoms with E-state index in [1.54, 1.807) is 10.9 Å². The molecule has 1 saturated carbocycles. The van der Waals surface area contributed by atoms with E-state index in [0.717, 1.165) is 31.4 Å². The molecule has 21 heavy (non-hydrogen) atoms. The summed E-state index contributed by atoms with van der Waals surface area (Å²) in [4.78, 5) is 12.8. The fourth-order valence-corrected chi connectivity index (χ4v) is 3.03. The van der Waals surface area contributed by atoms with Gasteiger partial charge in [0.15, 0.2) is 5.78 Å².